The van der Waals surface area contributed by atoms with E-state index in [9.17, 15) is 4.79 Å². The van der Waals surface area contributed by atoms with Crippen molar-refractivity contribution in [2.45, 2.75) is 13.3 Å². The Labute approximate surface area is 150 Å². The number of benzene rings is 1. The molecule has 0 saturated heterocycles. The smallest absolute Gasteiger partial charge is 0.325 e. The highest BCUT2D eigenvalue weighted by Crippen LogP contribution is 2.40. The van der Waals surface area contributed by atoms with Gasteiger partial charge in [0.25, 0.3) is 0 Å². The first-order chi connectivity index (χ1) is 12.0. The van der Waals surface area contributed by atoms with Crippen LogP contribution in [0.4, 0.5) is 16.3 Å². The molecule has 128 valence electrons. The van der Waals surface area contributed by atoms with Crippen LogP contribution in [0, 0.1) is 23.2 Å². The summed E-state index contributed by atoms with van der Waals surface area (Å²) in [5, 5.41) is 9.25. The molecule has 7 nitrogen and oxygen atoms in total. The fourth-order valence-electron chi connectivity index (χ4n) is 2.46. The minimum atomic E-state index is -0.758. The normalized spacial score (nSPS) is 18.3. The summed E-state index contributed by atoms with van der Waals surface area (Å²) in [6.45, 7) is 2.72. The second kappa shape index (κ2) is 6.95. The summed E-state index contributed by atoms with van der Waals surface area (Å²) in [4.78, 5) is 21.2. The van der Waals surface area contributed by atoms with Gasteiger partial charge < -0.3 is 10.5 Å². The number of urea groups is 1. The van der Waals surface area contributed by atoms with Gasteiger partial charge in [-0.25, -0.2) is 19.7 Å². The number of carbonyl (C=O) groups excluding carboxylic acids is 1. The topological polar surface area (TPSA) is 105 Å². The highest BCUT2D eigenvalue weighted by atomic mass is 35.5. The van der Waals surface area contributed by atoms with Crippen molar-refractivity contribution < 1.29 is 9.53 Å². The van der Waals surface area contributed by atoms with Crippen molar-refractivity contribution in [1.29, 1.82) is 5.26 Å². The van der Waals surface area contributed by atoms with Gasteiger partial charge in [0.15, 0.2) is 11.5 Å². The van der Waals surface area contributed by atoms with E-state index in [0.717, 1.165) is 11.3 Å². The van der Waals surface area contributed by atoms with E-state index in [-0.39, 0.29) is 11.5 Å². The van der Waals surface area contributed by atoms with Gasteiger partial charge in [0.1, 0.15) is 11.8 Å². The van der Waals surface area contributed by atoms with E-state index in [1.165, 1.54) is 12.4 Å². The third-order valence-corrected chi connectivity index (χ3v) is 4.33. The summed E-state index contributed by atoms with van der Waals surface area (Å²) in [5.41, 5.74) is 6.06. The number of halogens is 1. The number of amides is 2. The van der Waals surface area contributed by atoms with Gasteiger partial charge in [0.2, 0.25) is 0 Å². The van der Waals surface area contributed by atoms with E-state index in [2.05, 4.69) is 16.9 Å². The van der Waals surface area contributed by atoms with Crippen LogP contribution in [-0.2, 0) is 0 Å². The number of nitriles is 1. The minimum absolute atomic E-state index is 0.137. The van der Waals surface area contributed by atoms with Gasteiger partial charge in [-0.15, -0.1) is 0 Å². The van der Waals surface area contributed by atoms with Gasteiger partial charge in [0.05, 0.1) is 24.7 Å². The summed E-state index contributed by atoms with van der Waals surface area (Å²) in [6.07, 6.45) is 3.70. The van der Waals surface area contributed by atoms with E-state index in [1.54, 1.807) is 18.2 Å². The molecule has 0 spiro atoms. The number of aromatic nitrogens is 2. The number of rotatable bonds is 5. The van der Waals surface area contributed by atoms with Crippen LogP contribution in [0.3, 0.4) is 0 Å². The molecule has 0 aliphatic heterocycles. The third-order valence-electron chi connectivity index (χ3n) is 4.09. The molecule has 1 aromatic heterocycles. The van der Waals surface area contributed by atoms with Gasteiger partial charge in [0, 0.05) is 5.02 Å². The monoisotopic (exact) mass is 357 g/mol. The number of primary amides is 1. The number of nitrogens with two attached hydrogens (primary N) is 1. The van der Waals surface area contributed by atoms with Crippen molar-refractivity contribution in [3.63, 3.8) is 0 Å². The van der Waals surface area contributed by atoms with E-state index in [1.807, 2.05) is 6.07 Å². The molecule has 0 bridgehead atoms. The lowest BCUT2D eigenvalue weighted by molar-refractivity contribution is 0.255. The molecule has 1 saturated carbocycles. The summed E-state index contributed by atoms with van der Waals surface area (Å²) in [5.74, 6) is 1.82. The average molecular weight is 358 g/mol. The van der Waals surface area contributed by atoms with Crippen molar-refractivity contribution in [2.24, 2.45) is 17.6 Å². The van der Waals surface area contributed by atoms with Crippen LogP contribution >= 0.6 is 11.6 Å². The van der Waals surface area contributed by atoms with Crippen LogP contribution in [0.2, 0.25) is 5.02 Å². The zero-order chi connectivity index (χ0) is 18.0. The molecule has 25 heavy (non-hydrogen) atoms. The lowest BCUT2D eigenvalue weighted by Crippen LogP contribution is -2.32. The molecule has 1 aliphatic rings. The predicted octanol–water partition coefficient (Wildman–Crippen LogP) is 3.25. The van der Waals surface area contributed by atoms with Crippen LogP contribution in [0.25, 0.3) is 0 Å². The summed E-state index contributed by atoms with van der Waals surface area (Å²) >= 11 is 6.09. The van der Waals surface area contributed by atoms with Crippen LogP contribution in [0.5, 0.6) is 5.75 Å². The molecule has 1 aliphatic carbocycles. The zero-order valence-corrected chi connectivity index (χ0v) is 14.3. The Balaban J connectivity index is 1.95. The number of anilines is 2. The zero-order valence-electron chi connectivity index (χ0n) is 13.5. The molecule has 2 N–H and O–H groups in total. The van der Waals surface area contributed by atoms with Crippen LogP contribution in [0.15, 0.2) is 30.6 Å². The fraction of sp³-hybridized carbons (Fsp3) is 0.294. The van der Waals surface area contributed by atoms with Crippen molar-refractivity contribution in [3.8, 4) is 11.8 Å². The standard InChI is InChI=1S/C17H16ClN5O2/c1-10-4-11(10)9-25-15-3-2-12(18)5-14(15)23(17(20)24)16-8-21-13(6-19)7-22-16/h2-3,5,7-8,10-11H,4,9H2,1H3,(H2,20,24). The van der Waals surface area contributed by atoms with Crippen LogP contribution < -0.4 is 15.4 Å². The van der Waals surface area contributed by atoms with Gasteiger partial charge in [-0.2, -0.15) is 5.26 Å². The third kappa shape index (κ3) is 3.80. The van der Waals surface area contributed by atoms with Gasteiger partial charge >= 0.3 is 6.03 Å². The Kier molecular flexibility index (Phi) is 4.72. The molecule has 2 unspecified atom stereocenters. The molecule has 1 aromatic carbocycles. The average Bonchev–Trinajstić information content (AvgIpc) is 3.30. The summed E-state index contributed by atoms with van der Waals surface area (Å²) in [7, 11) is 0. The largest absolute Gasteiger partial charge is 0.491 e. The lowest BCUT2D eigenvalue weighted by Gasteiger charge is -2.22. The predicted molar refractivity (Wildman–Crippen MR) is 92.7 cm³/mol. The number of ether oxygens (including phenoxy) is 1. The van der Waals surface area contributed by atoms with Crippen molar-refractivity contribution >= 4 is 29.1 Å². The Morgan fingerprint density at radius 2 is 2.24 bits per heavy atom. The summed E-state index contributed by atoms with van der Waals surface area (Å²) < 4.78 is 5.88. The molecular weight excluding hydrogens is 342 g/mol. The number of hydrogen-bond donors (Lipinski definition) is 1. The molecule has 8 heteroatoms. The number of nitrogens with zero attached hydrogens (tertiary/aromatic N) is 4. The van der Waals surface area contributed by atoms with Crippen LogP contribution in [-0.4, -0.2) is 22.6 Å². The van der Waals surface area contributed by atoms with E-state index < -0.39 is 6.03 Å². The Morgan fingerprint density at radius 3 is 2.80 bits per heavy atom. The van der Waals surface area contributed by atoms with E-state index >= 15 is 0 Å². The first kappa shape index (κ1) is 17.0. The highest BCUT2D eigenvalue weighted by Gasteiger charge is 2.33. The van der Waals surface area contributed by atoms with E-state index in [0.29, 0.717) is 34.9 Å². The first-order valence-corrected chi connectivity index (χ1v) is 8.11. The molecular formula is C17H16ClN5O2. The second-order valence-electron chi connectivity index (χ2n) is 5.94. The van der Waals surface area contributed by atoms with Gasteiger partial charge in [-0.1, -0.05) is 18.5 Å². The maximum absolute atomic E-state index is 12.0. The maximum atomic E-state index is 12.0. The fourth-order valence-corrected chi connectivity index (χ4v) is 2.63. The molecule has 3 rings (SSSR count). The molecule has 2 atom stereocenters. The molecule has 2 amide bonds. The van der Waals surface area contributed by atoms with Gasteiger partial charge in [-0.3, -0.25) is 0 Å². The molecule has 0 radical (unpaired) electrons. The van der Waals surface area contributed by atoms with Crippen molar-refractivity contribution in [3.05, 3.63) is 41.3 Å². The minimum Gasteiger partial charge on any atom is -0.491 e. The van der Waals surface area contributed by atoms with E-state index in [4.69, 9.17) is 27.3 Å². The number of carbonyl (C=O) groups is 1. The highest BCUT2D eigenvalue weighted by molar-refractivity contribution is 6.31. The second-order valence-corrected chi connectivity index (χ2v) is 6.38. The maximum Gasteiger partial charge on any atom is 0.325 e. The van der Waals surface area contributed by atoms with Gasteiger partial charge in [-0.05, 0) is 36.5 Å². The van der Waals surface area contributed by atoms with Crippen molar-refractivity contribution in [1.82, 2.24) is 9.97 Å². The Morgan fingerprint density at radius 1 is 1.48 bits per heavy atom. The summed E-state index contributed by atoms with van der Waals surface area (Å²) in [6, 6.07) is 6.07. The number of hydrogen-bond acceptors (Lipinski definition) is 5. The first-order valence-electron chi connectivity index (χ1n) is 7.73. The van der Waals surface area contributed by atoms with Crippen molar-refractivity contribution in [2.75, 3.05) is 11.5 Å². The SMILES string of the molecule is CC1CC1COc1ccc(Cl)cc1N(C(N)=O)c1cnc(C#N)cn1. The quantitative estimate of drug-likeness (QED) is 0.884. The molecule has 1 heterocycles. The molecule has 2 aromatic rings. The Hall–Kier alpha value is -2.85. The Bertz CT molecular complexity index is 834. The molecule has 1 fully saturated rings. The lowest BCUT2D eigenvalue weighted by atomic mass is 10.2. The van der Waals surface area contributed by atoms with Crippen LogP contribution in [0.1, 0.15) is 19.0 Å².